The number of pyridine rings is 1. The highest BCUT2D eigenvalue weighted by atomic mass is 35.5. The van der Waals surface area contributed by atoms with Gasteiger partial charge in [-0.15, -0.1) is 0 Å². The standard InChI is InChI=1S/C17H21ClN2/c1-11-9-13(10-19-14-5-3-4-6-14)15-7-8-16(18)12(2)17(15)20-11/h7-9,14,19H,3-6,10H2,1-2H3. The summed E-state index contributed by atoms with van der Waals surface area (Å²) in [5, 5.41) is 5.71. The lowest BCUT2D eigenvalue weighted by Crippen LogP contribution is -2.25. The van der Waals surface area contributed by atoms with E-state index in [-0.39, 0.29) is 0 Å². The summed E-state index contributed by atoms with van der Waals surface area (Å²) >= 11 is 6.22. The highest BCUT2D eigenvalue weighted by Crippen LogP contribution is 2.27. The molecule has 1 fully saturated rings. The number of nitrogens with one attached hydrogen (secondary N) is 1. The SMILES string of the molecule is Cc1cc(CNC2CCCC2)c2ccc(Cl)c(C)c2n1. The second-order valence-electron chi connectivity index (χ2n) is 5.85. The highest BCUT2D eigenvalue weighted by Gasteiger charge is 2.15. The molecule has 1 N–H and O–H groups in total. The molecule has 1 aliphatic rings. The van der Waals surface area contributed by atoms with Crippen LogP contribution in [0.5, 0.6) is 0 Å². The van der Waals surface area contributed by atoms with Crippen molar-refractivity contribution in [3.05, 3.63) is 40.0 Å². The van der Waals surface area contributed by atoms with Crippen LogP contribution in [0, 0.1) is 13.8 Å². The summed E-state index contributed by atoms with van der Waals surface area (Å²) in [6.07, 6.45) is 5.35. The molecule has 20 heavy (non-hydrogen) atoms. The van der Waals surface area contributed by atoms with Crippen molar-refractivity contribution in [2.75, 3.05) is 0 Å². The Hall–Kier alpha value is -1.12. The third-order valence-corrected chi connectivity index (χ3v) is 4.73. The van der Waals surface area contributed by atoms with Crippen LogP contribution >= 0.6 is 11.6 Å². The summed E-state index contributed by atoms with van der Waals surface area (Å²) in [6, 6.07) is 6.96. The van der Waals surface area contributed by atoms with Crippen LogP contribution in [0.2, 0.25) is 5.02 Å². The van der Waals surface area contributed by atoms with E-state index >= 15 is 0 Å². The average molecular weight is 289 g/mol. The maximum atomic E-state index is 6.22. The minimum absolute atomic E-state index is 0.687. The molecule has 2 nitrogen and oxygen atoms in total. The van der Waals surface area contributed by atoms with Crippen molar-refractivity contribution in [3.8, 4) is 0 Å². The van der Waals surface area contributed by atoms with E-state index in [4.69, 9.17) is 11.6 Å². The van der Waals surface area contributed by atoms with Crippen LogP contribution in [-0.2, 0) is 6.54 Å². The number of benzene rings is 1. The quantitative estimate of drug-likeness (QED) is 0.897. The zero-order valence-corrected chi connectivity index (χ0v) is 12.9. The van der Waals surface area contributed by atoms with Gasteiger partial charge in [-0.25, -0.2) is 0 Å². The molecular formula is C17H21ClN2. The number of hydrogen-bond acceptors (Lipinski definition) is 2. The van der Waals surface area contributed by atoms with E-state index in [1.165, 1.54) is 36.6 Å². The molecule has 0 saturated heterocycles. The van der Waals surface area contributed by atoms with Crippen LogP contribution in [0.25, 0.3) is 10.9 Å². The molecule has 0 atom stereocenters. The van der Waals surface area contributed by atoms with Gasteiger partial charge in [0.05, 0.1) is 5.52 Å². The summed E-state index contributed by atoms with van der Waals surface area (Å²) < 4.78 is 0. The normalized spacial score (nSPS) is 16.1. The van der Waals surface area contributed by atoms with Gasteiger partial charge in [0.25, 0.3) is 0 Å². The fourth-order valence-electron chi connectivity index (χ4n) is 3.15. The predicted molar refractivity (Wildman–Crippen MR) is 85.3 cm³/mol. The molecule has 0 radical (unpaired) electrons. The molecule has 1 aromatic heterocycles. The first-order valence-corrected chi connectivity index (χ1v) is 7.81. The van der Waals surface area contributed by atoms with E-state index in [1.807, 2.05) is 13.0 Å². The van der Waals surface area contributed by atoms with E-state index < -0.39 is 0 Å². The van der Waals surface area contributed by atoms with Gasteiger partial charge >= 0.3 is 0 Å². The van der Waals surface area contributed by atoms with Crippen molar-refractivity contribution in [3.63, 3.8) is 0 Å². The van der Waals surface area contributed by atoms with Gasteiger partial charge in [0.1, 0.15) is 0 Å². The fourth-order valence-corrected chi connectivity index (χ4v) is 3.30. The second-order valence-corrected chi connectivity index (χ2v) is 6.26. The number of fused-ring (bicyclic) bond motifs is 1. The topological polar surface area (TPSA) is 24.9 Å². The van der Waals surface area contributed by atoms with Gasteiger partial charge in [0.15, 0.2) is 0 Å². The van der Waals surface area contributed by atoms with Crippen molar-refractivity contribution in [1.29, 1.82) is 0 Å². The number of hydrogen-bond donors (Lipinski definition) is 1. The molecule has 1 aliphatic carbocycles. The van der Waals surface area contributed by atoms with Gasteiger partial charge in [-0.2, -0.15) is 0 Å². The minimum atomic E-state index is 0.687. The number of rotatable bonds is 3. The maximum Gasteiger partial charge on any atom is 0.0752 e. The summed E-state index contributed by atoms with van der Waals surface area (Å²) in [6.45, 7) is 5.02. The molecule has 0 amide bonds. The zero-order valence-electron chi connectivity index (χ0n) is 12.2. The number of aryl methyl sites for hydroxylation is 2. The van der Waals surface area contributed by atoms with Crippen LogP contribution in [0.4, 0.5) is 0 Å². The third-order valence-electron chi connectivity index (χ3n) is 4.32. The molecule has 3 heteroatoms. The molecule has 0 spiro atoms. The van der Waals surface area contributed by atoms with Crippen molar-refractivity contribution in [1.82, 2.24) is 10.3 Å². The Labute approximate surface area is 125 Å². The van der Waals surface area contributed by atoms with Crippen LogP contribution in [0.15, 0.2) is 18.2 Å². The second kappa shape index (κ2) is 5.71. The van der Waals surface area contributed by atoms with Crippen LogP contribution < -0.4 is 5.32 Å². The third kappa shape index (κ3) is 2.68. The Morgan fingerprint density at radius 3 is 2.75 bits per heavy atom. The summed E-state index contributed by atoms with van der Waals surface area (Å²) in [4.78, 5) is 4.66. The van der Waals surface area contributed by atoms with E-state index in [0.29, 0.717) is 6.04 Å². The molecule has 0 unspecified atom stereocenters. The summed E-state index contributed by atoms with van der Waals surface area (Å²) in [5.41, 5.74) is 4.51. The Balaban J connectivity index is 1.95. The lowest BCUT2D eigenvalue weighted by molar-refractivity contribution is 0.525. The monoisotopic (exact) mass is 288 g/mol. The van der Waals surface area contributed by atoms with E-state index in [1.54, 1.807) is 0 Å². The number of nitrogens with zero attached hydrogens (tertiary/aromatic N) is 1. The molecule has 1 aromatic carbocycles. The average Bonchev–Trinajstić information content (AvgIpc) is 2.94. The Bertz CT molecular complexity index is 630. The smallest absolute Gasteiger partial charge is 0.0752 e. The molecule has 1 heterocycles. The maximum absolute atomic E-state index is 6.22. The minimum Gasteiger partial charge on any atom is -0.310 e. The largest absolute Gasteiger partial charge is 0.310 e. The van der Waals surface area contributed by atoms with Crippen LogP contribution in [0.1, 0.15) is 42.5 Å². The summed E-state index contributed by atoms with van der Waals surface area (Å²) in [7, 11) is 0. The molecule has 3 rings (SSSR count). The van der Waals surface area contributed by atoms with Crippen molar-refractivity contribution < 1.29 is 0 Å². The van der Waals surface area contributed by atoms with Crippen molar-refractivity contribution >= 4 is 22.5 Å². The number of halogens is 1. The molecular weight excluding hydrogens is 268 g/mol. The fraction of sp³-hybridized carbons (Fsp3) is 0.471. The Morgan fingerprint density at radius 2 is 2.00 bits per heavy atom. The van der Waals surface area contributed by atoms with Gasteiger partial charge in [-0.1, -0.05) is 30.5 Å². The molecule has 106 valence electrons. The van der Waals surface area contributed by atoms with Gasteiger partial charge in [-0.3, -0.25) is 4.98 Å². The summed E-state index contributed by atoms with van der Waals surface area (Å²) in [5.74, 6) is 0. The van der Waals surface area contributed by atoms with Gasteiger partial charge in [0.2, 0.25) is 0 Å². The highest BCUT2D eigenvalue weighted by molar-refractivity contribution is 6.32. The zero-order chi connectivity index (χ0) is 14.1. The van der Waals surface area contributed by atoms with Gasteiger partial charge < -0.3 is 5.32 Å². The van der Waals surface area contributed by atoms with E-state index in [9.17, 15) is 0 Å². The lowest BCUT2D eigenvalue weighted by atomic mass is 10.0. The molecule has 1 saturated carbocycles. The van der Waals surface area contributed by atoms with E-state index in [2.05, 4.69) is 29.4 Å². The molecule has 2 aromatic rings. The van der Waals surface area contributed by atoms with Gasteiger partial charge in [-0.05, 0) is 49.9 Å². The van der Waals surface area contributed by atoms with Crippen molar-refractivity contribution in [2.45, 2.75) is 52.1 Å². The number of aromatic nitrogens is 1. The first kappa shape index (κ1) is 13.8. The van der Waals surface area contributed by atoms with Crippen LogP contribution in [0.3, 0.4) is 0 Å². The molecule has 0 bridgehead atoms. The first-order valence-electron chi connectivity index (χ1n) is 7.44. The molecule has 0 aliphatic heterocycles. The Kier molecular flexibility index (Phi) is 3.95. The van der Waals surface area contributed by atoms with E-state index in [0.717, 1.165) is 28.3 Å². The predicted octanol–water partition coefficient (Wildman–Crippen LogP) is 4.54. The lowest BCUT2D eigenvalue weighted by Gasteiger charge is -2.15. The van der Waals surface area contributed by atoms with Crippen LogP contribution in [-0.4, -0.2) is 11.0 Å². The van der Waals surface area contributed by atoms with Crippen molar-refractivity contribution in [2.24, 2.45) is 0 Å². The first-order chi connectivity index (χ1) is 9.65. The van der Waals surface area contributed by atoms with Gasteiger partial charge in [0, 0.05) is 28.7 Å². The Morgan fingerprint density at radius 1 is 1.25 bits per heavy atom.